The highest BCUT2D eigenvalue weighted by Crippen LogP contribution is 2.40. The number of anilines is 1. The van der Waals surface area contributed by atoms with E-state index in [0.29, 0.717) is 6.54 Å². The smallest absolute Gasteiger partial charge is 0.256 e. The van der Waals surface area contributed by atoms with Gasteiger partial charge in [0.2, 0.25) is 0 Å². The second-order valence-corrected chi connectivity index (χ2v) is 8.80. The zero-order valence-corrected chi connectivity index (χ0v) is 18.6. The van der Waals surface area contributed by atoms with Gasteiger partial charge in [-0.15, -0.1) is 5.10 Å². The highest BCUT2D eigenvalue weighted by atomic mass is 16.2. The third kappa shape index (κ3) is 3.72. The van der Waals surface area contributed by atoms with Gasteiger partial charge >= 0.3 is 0 Å². The number of hydrogen-bond acceptors (Lipinski definition) is 6. The molecule has 0 unspecified atom stereocenters. The molecule has 1 amide bonds. The molecule has 7 heteroatoms. The summed E-state index contributed by atoms with van der Waals surface area (Å²) in [6.45, 7) is 2.77. The average Bonchev–Trinajstić information content (AvgIpc) is 3.58. The van der Waals surface area contributed by atoms with E-state index in [4.69, 9.17) is 4.99 Å². The zero-order chi connectivity index (χ0) is 22.0. The summed E-state index contributed by atoms with van der Waals surface area (Å²) in [5.74, 6) is 1.20. The van der Waals surface area contributed by atoms with Gasteiger partial charge in [0.05, 0.1) is 12.2 Å². The van der Waals surface area contributed by atoms with Gasteiger partial charge < -0.3 is 0 Å². The maximum Gasteiger partial charge on any atom is 0.256 e. The van der Waals surface area contributed by atoms with Crippen LogP contribution in [0.5, 0.6) is 0 Å². The van der Waals surface area contributed by atoms with E-state index < -0.39 is 5.54 Å². The molecule has 3 aliphatic rings. The molecule has 0 aromatic heterocycles. The molecule has 166 valence electrons. The first-order valence-corrected chi connectivity index (χ1v) is 11.6. The quantitative estimate of drug-likeness (QED) is 0.684. The Labute approximate surface area is 189 Å². The number of hydrazone groups is 1. The number of amidine groups is 1. The van der Waals surface area contributed by atoms with Crippen molar-refractivity contribution in [1.82, 2.24) is 15.9 Å². The molecule has 2 N–H and O–H groups in total. The van der Waals surface area contributed by atoms with Crippen LogP contribution in [0, 0.1) is 0 Å². The molecule has 1 saturated carbocycles. The Balaban J connectivity index is 1.36. The molecule has 0 radical (unpaired) electrons. The third-order valence-electron chi connectivity index (χ3n) is 6.64. The Kier molecular flexibility index (Phi) is 5.55. The van der Waals surface area contributed by atoms with Crippen molar-refractivity contribution in [3.8, 4) is 11.1 Å². The molecule has 1 aliphatic carbocycles. The van der Waals surface area contributed by atoms with Gasteiger partial charge in [0.25, 0.3) is 5.91 Å². The van der Waals surface area contributed by atoms with Crippen LogP contribution in [0.25, 0.3) is 11.1 Å². The van der Waals surface area contributed by atoms with E-state index in [1.165, 1.54) is 0 Å². The lowest BCUT2D eigenvalue weighted by Crippen LogP contribution is -2.40. The van der Waals surface area contributed by atoms with Crippen molar-refractivity contribution in [3.05, 3.63) is 54.1 Å². The SMILES string of the molecule is CCCCC1=NC2(CCCC2)C(=O)N1Cc1ccc(-c2ccccc2N2NC=NN2)cc1. The average molecular weight is 431 g/mol. The number of carbonyl (C=O) groups is 1. The van der Waals surface area contributed by atoms with Crippen LogP contribution in [0.15, 0.2) is 58.6 Å². The standard InChI is InChI=1S/C25H30N6O/c1-2-3-10-23-28-25(15-6-7-16-25)24(32)30(23)17-19-11-13-20(14-12-19)21-8-4-5-9-22(21)31-27-18-26-29-31/h4-5,8-9,11-14,18,29H,2-3,6-7,10,15-17H2,1H3,(H,26,27). The summed E-state index contributed by atoms with van der Waals surface area (Å²) in [4.78, 5) is 20.3. The van der Waals surface area contributed by atoms with Crippen LogP contribution in [0.1, 0.15) is 57.4 Å². The highest BCUT2D eigenvalue weighted by molar-refractivity contribution is 6.08. The normalized spacial score (nSPS) is 18.9. The van der Waals surface area contributed by atoms with E-state index in [1.54, 1.807) is 11.5 Å². The van der Waals surface area contributed by atoms with Crippen molar-refractivity contribution >= 4 is 23.8 Å². The molecule has 2 aliphatic heterocycles. The number of rotatable bonds is 7. The fraction of sp³-hybridized carbons (Fsp3) is 0.400. The lowest BCUT2D eigenvalue weighted by Gasteiger charge is -2.23. The summed E-state index contributed by atoms with van der Waals surface area (Å²) in [6.07, 6.45) is 8.67. The molecule has 0 saturated heterocycles. The number of hydrogen-bond donors (Lipinski definition) is 2. The van der Waals surface area contributed by atoms with Crippen molar-refractivity contribution in [2.24, 2.45) is 10.1 Å². The third-order valence-corrected chi connectivity index (χ3v) is 6.64. The second-order valence-electron chi connectivity index (χ2n) is 8.80. The van der Waals surface area contributed by atoms with Gasteiger partial charge in [0.15, 0.2) is 0 Å². The topological polar surface area (TPSA) is 72.3 Å². The van der Waals surface area contributed by atoms with Gasteiger partial charge in [0.1, 0.15) is 17.7 Å². The van der Waals surface area contributed by atoms with E-state index in [2.05, 4.69) is 53.3 Å². The van der Waals surface area contributed by atoms with Crippen molar-refractivity contribution in [2.45, 2.75) is 64.0 Å². The minimum atomic E-state index is -0.472. The number of unbranched alkanes of at least 4 members (excludes halogenated alkanes) is 1. The van der Waals surface area contributed by atoms with Crippen LogP contribution in [-0.2, 0) is 11.3 Å². The molecule has 0 atom stereocenters. The van der Waals surface area contributed by atoms with Crippen LogP contribution in [-0.4, -0.2) is 28.5 Å². The maximum atomic E-state index is 13.4. The summed E-state index contributed by atoms with van der Waals surface area (Å²) < 4.78 is 0. The first-order chi connectivity index (χ1) is 15.7. The molecule has 32 heavy (non-hydrogen) atoms. The molecule has 5 rings (SSSR count). The molecule has 1 fully saturated rings. The Hall–Kier alpha value is -3.35. The molecule has 1 spiro atoms. The van der Waals surface area contributed by atoms with Crippen LogP contribution < -0.4 is 16.1 Å². The molecular weight excluding hydrogens is 400 g/mol. The minimum absolute atomic E-state index is 0.210. The van der Waals surface area contributed by atoms with E-state index in [0.717, 1.165) is 73.2 Å². The van der Waals surface area contributed by atoms with E-state index in [9.17, 15) is 4.79 Å². The number of hydrazine groups is 2. The summed E-state index contributed by atoms with van der Waals surface area (Å²) in [6, 6.07) is 16.7. The Bertz CT molecular complexity index is 1030. The van der Waals surface area contributed by atoms with Gasteiger partial charge in [-0.05, 0) is 36.5 Å². The molecule has 2 aromatic carbocycles. The minimum Gasteiger partial charge on any atom is -0.294 e. The predicted molar refractivity (Wildman–Crippen MR) is 128 cm³/mol. The second kappa shape index (κ2) is 8.65. The summed E-state index contributed by atoms with van der Waals surface area (Å²) >= 11 is 0. The van der Waals surface area contributed by atoms with Gasteiger partial charge in [0, 0.05) is 12.0 Å². The molecule has 2 heterocycles. The van der Waals surface area contributed by atoms with E-state index in [-0.39, 0.29) is 5.91 Å². The van der Waals surface area contributed by atoms with Crippen LogP contribution in [0.4, 0.5) is 5.69 Å². The molecule has 0 bridgehead atoms. The lowest BCUT2D eigenvalue weighted by molar-refractivity contribution is -0.131. The fourth-order valence-electron chi connectivity index (χ4n) is 4.91. The predicted octanol–water partition coefficient (Wildman–Crippen LogP) is 4.37. The first-order valence-electron chi connectivity index (χ1n) is 11.6. The van der Waals surface area contributed by atoms with Crippen molar-refractivity contribution in [2.75, 3.05) is 5.12 Å². The number of carbonyl (C=O) groups excluding carboxylic acids is 1. The van der Waals surface area contributed by atoms with Crippen LogP contribution in [0.3, 0.4) is 0 Å². The largest absolute Gasteiger partial charge is 0.294 e. The van der Waals surface area contributed by atoms with Crippen molar-refractivity contribution in [1.29, 1.82) is 0 Å². The number of nitrogens with zero attached hydrogens (tertiary/aromatic N) is 4. The maximum absolute atomic E-state index is 13.4. The summed E-state index contributed by atoms with van der Waals surface area (Å²) in [5.41, 5.74) is 9.84. The van der Waals surface area contributed by atoms with Crippen LogP contribution >= 0.6 is 0 Å². The Morgan fingerprint density at radius 2 is 1.84 bits per heavy atom. The summed E-state index contributed by atoms with van der Waals surface area (Å²) in [7, 11) is 0. The summed E-state index contributed by atoms with van der Waals surface area (Å²) in [5, 5.41) is 5.79. The lowest BCUT2D eigenvalue weighted by atomic mass is 9.98. The zero-order valence-electron chi connectivity index (χ0n) is 18.6. The highest BCUT2D eigenvalue weighted by Gasteiger charge is 2.49. The number of nitrogens with one attached hydrogen (secondary N) is 2. The fourth-order valence-corrected chi connectivity index (χ4v) is 4.91. The first kappa shape index (κ1) is 20.5. The van der Waals surface area contributed by atoms with Crippen LogP contribution in [0.2, 0.25) is 0 Å². The Morgan fingerprint density at radius 1 is 1.06 bits per heavy atom. The molecule has 7 nitrogen and oxygen atoms in total. The van der Waals surface area contributed by atoms with Gasteiger partial charge in [-0.2, -0.15) is 10.7 Å². The van der Waals surface area contributed by atoms with Gasteiger partial charge in [-0.1, -0.05) is 68.7 Å². The number of para-hydroxylation sites is 1. The van der Waals surface area contributed by atoms with Gasteiger partial charge in [-0.3, -0.25) is 20.1 Å². The van der Waals surface area contributed by atoms with E-state index >= 15 is 0 Å². The monoisotopic (exact) mass is 430 g/mol. The van der Waals surface area contributed by atoms with E-state index in [1.807, 2.05) is 23.1 Å². The molecule has 2 aromatic rings. The number of benzene rings is 2. The molecular formula is C25H30N6O. The van der Waals surface area contributed by atoms with Gasteiger partial charge in [-0.25, -0.2) is 0 Å². The number of amides is 1. The van der Waals surface area contributed by atoms with Crippen molar-refractivity contribution < 1.29 is 4.79 Å². The Morgan fingerprint density at radius 3 is 2.56 bits per heavy atom. The number of aliphatic imine (C=N–C) groups is 1. The van der Waals surface area contributed by atoms with Crippen molar-refractivity contribution in [3.63, 3.8) is 0 Å².